The lowest BCUT2D eigenvalue weighted by molar-refractivity contribution is -0.135. The van der Waals surface area contributed by atoms with Gasteiger partial charge in [-0.05, 0) is 37.8 Å². The van der Waals surface area contributed by atoms with Crippen molar-refractivity contribution >= 4 is 29.3 Å². The molecule has 1 aromatic rings. The van der Waals surface area contributed by atoms with E-state index >= 15 is 0 Å². The van der Waals surface area contributed by atoms with E-state index in [2.05, 4.69) is 10.6 Å². The number of piperidine rings is 1. The molecule has 7 heteroatoms. The Hall–Kier alpha value is -2.08. The van der Waals surface area contributed by atoms with Gasteiger partial charge >= 0.3 is 0 Å². The number of nitrogens with one attached hydrogen (secondary N) is 2. The Labute approximate surface area is 177 Å². The third-order valence-corrected chi connectivity index (χ3v) is 6.09. The molecular formula is C22H30ClN3O3. The predicted octanol–water partition coefficient (Wildman–Crippen LogP) is 2.71. The van der Waals surface area contributed by atoms with Crippen molar-refractivity contribution in [2.75, 3.05) is 19.0 Å². The van der Waals surface area contributed by atoms with Crippen LogP contribution in [0.1, 0.15) is 55.3 Å². The smallest absolute Gasteiger partial charge is 0.251 e. The maximum absolute atomic E-state index is 12.9. The lowest BCUT2D eigenvalue weighted by Crippen LogP contribution is -2.55. The average molecular weight is 420 g/mol. The normalized spacial score (nSPS) is 24.6. The van der Waals surface area contributed by atoms with Crippen molar-refractivity contribution < 1.29 is 14.4 Å². The Morgan fingerprint density at radius 3 is 2.34 bits per heavy atom. The van der Waals surface area contributed by atoms with Crippen LogP contribution in [0.3, 0.4) is 0 Å². The van der Waals surface area contributed by atoms with E-state index < -0.39 is 0 Å². The minimum absolute atomic E-state index is 0.0146. The molecule has 1 aliphatic heterocycles. The Bertz CT molecular complexity index is 713. The minimum atomic E-state index is -0.199. The molecule has 2 N–H and O–H groups in total. The van der Waals surface area contributed by atoms with Gasteiger partial charge in [0.1, 0.15) is 0 Å². The number of nitrogens with zero attached hydrogens (tertiary/aromatic N) is 1. The molecule has 1 aromatic carbocycles. The minimum Gasteiger partial charge on any atom is -0.351 e. The summed E-state index contributed by atoms with van der Waals surface area (Å²) in [7, 11) is 0. The fourth-order valence-electron chi connectivity index (χ4n) is 4.27. The highest BCUT2D eigenvalue weighted by Gasteiger charge is 2.33. The van der Waals surface area contributed by atoms with Gasteiger partial charge in [0.2, 0.25) is 11.8 Å². The van der Waals surface area contributed by atoms with Crippen molar-refractivity contribution in [2.45, 2.75) is 57.0 Å². The average Bonchev–Trinajstić information content (AvgIpc) is 2.76. The molecule has 0 bridgehead atoms. The number of benzene rings is 1. The number of rotatable bonds is 6. The number of halogens is 1. The van der Waals surface area contributed by atoms with E-state index in [1.165, 1.54) is 0 Å². The highest BCUT2D eigenvalue weighted by atomic mass is 35.5. The van der Waals surface area contributed by atoms with E-state index in [0.717, 1.165) is 38.5 Å². The van der Waals surface area contributed by atoms with Gasteiger partial charge in [0, 0.05) is 43.0 Å². The maximum Gasteiger partial charge on any atom is 0.251 e. The van der Waals surface area contributed by atoms with Crippen molar-refractivity contribution in [3.8, 4) is 0 Å². The summed E-state index contributed by atoms with van der Waals surface area (Å²) >= 11 is 5.68. The number of hydrogen-bond donors (Lipinski definition) is 2. The van der Waals surface area contributed by atoms with Crippen LogP contribution in [0, 0.1) is 5.92 Å². The second kappa shape index (κ2) is 10.6. The summed E-state index contributed by atoms with van der Waals surface area (Å²) in [4.78, 5) is 39.3. The Kier molecular flexibility index (Phi) is 7.92. The van der Waals surface area contributed by atoms with Gasteiger partial charge in [-0.15, -0.1) is 11.6 Å². The zero-order chi connectivity index (χ0) is 20.6. The molecule has 3 amide bonds. The largest absolute Gasteiger partial charge is 0.351 e. The van der Waals surface area contributed by atoms with Gasteiger partial charge in [-0.25, -0.2) is 0 Å². The summed E-state index contributed by atoms with van der Waals surface area (Å²) in [5, 5.41) is 6.27. The molecule has 1 saturated carbocycles. The van der Waals surface area contributed by atoms with E-state index in [9.17, 15) is 14.4 Å². The number of hydrogen-bond acceptors (Lipinski definition) is 3. The molecule has 3 atom stereocenters. The van der Waals surface area contributed by atoms with E-state index in [4.69, 9.17) is 11.6 Å². The van der Waals surface area contributed by atoms with Crippen LogP contribution in [-0.4, -0.2) is 53.7 Å². The zero-order valence-corrected chi connectivity index (χ0v) is 17.5. The van der Waals surface area contributed by atoms with Gasteiger partial charge in [-0.3, -0.25) is 14.4 Å². The molecule has 1 heterocycles. The third kappa shape index (κ3) is 5.95. The van der Waals surface area contributed by atoms with Crippen LogP contribution in [0.4, 0.5) is 0 Å². The summed E-state index contributed by atoms with van der Waals surface area (Å²) in [6, 6.07) is 9.01. The van der Waals surface area contributed by atoms with Gasteiger partial charge in [-0.1, -0.05) is 31.0 Å². The number of likely N-dealkylation sites (tertiary alicyclic amines) is 1. The molecule has 0 spiro atoms. The molecule has 1 saturated heterocycles. The van der Waals surface area contributed by atoms with Gasteiger partial charge in [-0.2, -0.15) is 0 Å². The highest BCUT2D eigenvalue weighted by Crippen LogP contribution is 2.22. The van der Waals surface area contributed by atoms with Crippen LogP contribution in [0.5, 0.6) is 0 Å². The Morgan fingerprint density at radius 2 is 1.66 bits per heavy atom. The van der Waals surface area contributed by atoms with E-state index in [1.807, 2.05) is 18.2 Å². The molecule has 158 valence electrons. The van der Waals surface area contributed by atoms with Crippen molar-refractivity contribution in [2.24, 2.45) is 5.92 Å². The predicted molar refractivity (Wildman–Crippen MR) is 113 cm³/mol. The lowest BCUT2D eigenvalue weighted by atomic mass is 9.88. The fraction of sp³-hybridized carbons (Fsp3) is 0.591. The summed E-state index contributed by atoms with van der Waals surface area (Å²) in [5.74, 6) is 0.00180. The van der Waals surface area contributed by atoms with Gasteiger partial charge in [0.15, 0.2) is 0 Å². The summed E-state index contributed by atoms with van der Waals surface area (Å²) in [5.41, 5.74) is 0.629. The molecule has 0 radical (unpaired) electrons. The van der Waals surface area contributed by atoms with Crippen LogP contribution in [0.2, 0.25) is 0 Å². The number of amides is 3. The topological polar surface area (TPSA) is 78.5 Å². The molecule has 3 rings (SSSR count). The van der Waals surface area contributed by atoms with Gasteiger partial charge in [0.25, 0.3) is 5.91 Å². The second-order valence-electron chi connectivity index (χ2n) is 7.96. The SMILES string of the molecule is O=C(N[C@@H]1CCCCC1NC(=O)C1CCCN(C(=O)CCCl)C1)c1ccccc1. The summed E-state index contributed by atoms with van der Waals surface area (Å²) in [6.07, 6.45) is 5.70. The van der Waals surface area contributed by atoms with E-state index in [1.54, 1.807) is 17.0 Å². The molecular weight excluding hydrogens is 390 g/mol. The molecule has 2 aliphatic rings. The first kappa shape index (κ1) is 21.6. The Morgan fingerprint density at radius 1 is 0.966 bits per heavy atom. The molecule has 6 nitrogen and oxygen atoms in total. The molecule has 29 heavy (non-hydrogen) atoms. The quantitative estimate of drug-likeness (QED) is 0.696. The summed E-state index contributed by atoms with van der Waals surface area (Å²) in [6.45, 7) is 1.15. The van der Waals surface area contributed by atoms with Crippen LogP contribution < -0.4 is 10.6 Å². The van der Waals surface area contributed by atoms with Crippen molar-refractivity contribution in [3.05, 3.63) is 35.9 Å². The zero-order valence-electron chi connectivity index (χ0n) is 16.7. The second-order valence-corrected chi connectivity index (χ2v) is 8.34. The Balaban J connectivity index is 1.57. The lowest BCUT2D eigenvalue weighted by Gasteiger charge is -2.36. The first-order valence-corrected chi connectivity index (χ1v) is 11.1. The third-order valence-electron chi connectivity index (χ3n) is 5.90. The van der Waals surface area contributed by atoms with Crippen LogP contribution >= 0.6 is 11.6 Å². The first-order chi connectivity index (χ1) is 14.1. The number of alkyl halides is 1. The maximum atomic E-state index is 12.9. The van der Waals surface area contributed by atoms with Gasteiger partial charge < -0.3 is 15.5 Å². The van der Waals surface area contributed by atoms with Crippen molar-refractivity contribution in [3.63, 3.8) is 0 Å². The van der Waals surface area contributed by atoms with Crippen LogP contribution in [0.15, 0.2) is 30.3 Å². The first-order valence-electron chi connectivity index (χ1n) is 10.6. The summed E-state index contributed by atoms with van der Waals surface area (Å²) < 4.78 is 0. The van der Waals surface area contributed by atoms with Gasteiger partial charge in [0.05, 0.1) is 5.92 Å². The standard InChI is InChI=1S/C22H30ClN3O3/c23-13-12-20(27)26-14-6-9-17(15-26)22(29)25-19-11-5-4-10-18(19)24-21(28)16-7-2-1-3-8-16/h1-3,7-8,17-19H,4-6,9-15H2,(H,24,28)(H,25,29)/t17?,18-,19?/m1/s1. The van der Waals surface area contributed by atoms with Crippen LogP contribution in [0.25, 0.3) is 0 Å². The molecule has 0 aromatic heterocycles. The van der Waals surface area contributed by atoms with Crippen molar-refractivity contribution in [1.29, 1.82) is 0 Å². The molecule has 2 fully saturated rings. The van der Waals surface area contributed by atoms with Crippen LogP contribution in [-0.2, 0) is 9.59 Å². The molecule has 2 unspecified atom stereocenters. The van der Waals surface area contributed by atoms with E-state index in [0.29, 0.717) is 31.0 Å². The highest BCUT2D eigenvalue weighted by molar-refractivity contribution is 6.18. The number of carbonyl (C=O) groups is 3. The fourth-order valence-corrected chi connectivity index (χ4v) is 4.44. The van der Waals surface area contributed by atoms with E-state index in [-0.39, 0.29) is 35.7 Å². The number of carbonyl (C=O) groups excluding carboxylic acids is 3. The van der Waals surface area contributed by atoms with Crippen molar-refractivity contribution in [1.82, 2.24) is 15.5 Å². The monoisotopic (exact) mass is 419 g/mol. The molecule has 1 aliphatic carbocycles.